The molecular weight excluding hydrogens is 252 g/mol. The normalized spacial score (nSPS) is 10.3. The van der Waals surface area contributed by atoms with Gasteiger partial charge in [-0.25, -0.2) is 4.68 Å². The summed E-state index contributed by atoms with van der Waals surface area (Å²) >= 11 is 1.32. The predicted molar refractivity (Wildman–Crippen MR) is 70.3 cm³/mol. The molecule has 1 aromatic heterocycles. The summed E-state index contributed by atoms with van der Waals surface area (Å²) in [6, 6.07) is 0. The SMILES string of the molecule is C=CCNC(=O)CSc1nnnn1CCNCC. The van der Waals surface area contributed by atoms with Crippen LogP contribution in [0.4, 0.5) is 0 Å². The molecule has 0 spiro atoms. The molecule has 0 atom stereocenters. The van der Waals surface area contributed by atoms with E-state index in [1.54, 1.807) is 10.8 Å². The van der Waals surface area contributed by atoms with Crippen molar-refractivity contribution in [3.8, 4) is 0 Å². The van der Waals surface area contributed by atoms with Gasteiger partial charge in [0.1, 0.15) is 0 Å². The van der Waals surface area contributed by atoms with Crippen LogP contribution in [0.15, 0.2) is 17.8 Å². The Morgan fingerprint density at radius 3 is 3.17 bits per heavy atom. The van der Waals surface area contributed by atoms with Crippen molar-refractivity contribution in [1.82, 2.24) is 30.8 Å². The zero-order valence-electron chi connectivity index (χ0n) is 10.4. The Labute approximate surface area is 110 Å². The van der Waals surface area contributed by atoms with Crippen LogP contribution in [0, 0.1) is 0 Å². The molecule has 2 N–H and O–H groups in total. The first-order valence-electron chi connectivity index (χ1n) is 5.75. The van der Waals surface area contributed by atoms with Gasteiger partial charge in [0.05, 0.1) is 12.3 Å². The van der Waals surface area contributed by atoms with Crippen LogP contribution in [0.1, 0.15) is 6.92 Å². The number of aromatic nitrogens is 4. The van der Waals surface area contributed by atoms with Gasteiger partial charge >= 0.3 is 0 Å². The smallest absolute Gasteiger partial charge is 0.230 e. The molecule has 18 heavy (non-hydrogen) atoms. The predicted octanol–water partition coefficient (Wildman–Crippen LogP) is -0.323. The van der Waals surface area contributed by atoms with Crippen LogP contribution in [-0.2, 0) is 11.3 Å². The highest BCUT2D eigenvalue weighted by atomic mass is 32.2. The van der Waals surface area contributed by atoms with Crippen LogP contribution in [-0.4, -0.2) is 51.5 Å². The fourth-order valence-electron chi connectivity index (χ4n) is 1.17. The van der Waals surface area contributed by atoms with Crippen molar-refractivity contribution in [2.75, 3.05) is 25.4 Å². The monoisotopic (exact) mass is 270 g/mol. The Kier molecular flexibility index (Phi) is 7.04. The van der Waals surface area contributed by atoms with Gasteiger partial charge in [-0.3, -0.25) is 4.79 Å². The van der Waals surface area contributed by atoms with Gasteiger partial charge in [-0.2, -0.15) is 0 Å². The number of tetrazole rings is 1. The molecule has 1 heterocycles. The minimum Gasteiger partial charge on any atom is -0.352 e. The average Bonchev–Trinajstić information content (AvgIpc) is 2.82. The van der Waals surface area contributed by atoms with Gasteiger partial charge in [-0.15, -0.1) is 11.7 Å². The summed E-state index contributed by atoms with van der Waals surface area (Å²) in [7, 11) is 0. The molecule has 0 saturated heterocycles. The number of carbonyl (C=O) groups is 1. The molecule has 0 aromatic carbocycles. The molecule has 0 radical (unpaired) electrons. The molecular formula is C10H18N6OS. The Balaban J connectivity index is 2.35. The van der Waals surface area contributed by atoms with Crippen molar-refractivity contribution in [2.45, 2.75) is 18.6 Å². The summed E-state index contributed by atoms with van der Waals surface area (Å²) in [6.45, 7) is 8.46. The van der Waals surface area contributed by atoms with Crippen LogP contribution in [0.3, 0.4) is 0 Å². The summed E-state index contributed by atoms with van der Waals surface area (Å²) in [4.78, 5) is 11.4. The van der Waals surface area contributed by atoms with Gasteiger partial charge in [-0.1, -0.05) is 24.8 Å². The van der Waals surface area contributed by atoms with Gasteiger partial charge in [-0.05, 0) is 17.0 Å². The number of thioether (sulfide) groups is 1. The Bertz CT molecular complexity index is 380. The molecule has 7 nitrogen and oxygen atoms in total. The maximum Gasteiger partial charge on any atom is 0.230 e. The number of hydrogen-bond donors (Lipinski definition) is 2. The minimum absolute atomic E-state index is 0.0545. The summed E-state index contributed by atoms with van der Waals surface area (Å²) < 4.78 is 1.69. The first-order valence-corrected chi connectivity index (χ1v) is 6.73. The van der Waals surface area contributed by atoms with Gasteiger partial charge in [0.15, 0.2) is 0 Å². The van der Waals surface area contributed by atoms with Crippen LogP contribution >= 0.6 is 11.8 Å². The van der Waals surface area contributed by atoms with Gasteiger partial charge in [0, 0.05) is 13.1 Å². The second kappa shape index (κ2) is 8.65. The lowest BCUT2D eigenvalue weighted by atomic mass is 10.6. The van der Waals surface area contributed by atoms with Crippen LogP contribution in [0.5, 0.6) is 0 Å². The van der Waals surface area contributed by atoms with Gasteiger partial charge in [0.2, 0.25) is 11.1 Å². The lowest BCUT2D eigenvalue weighted by Gasteiger charge is -2.04. The topological polar surface area (TPSA) is 84.7 Å². The molecule has 0 bridgehead atoms. The number of rotatable bonds is 9. The maximum atomic E-state index is 11.4. The minimum atomic E-state index is -0.0545. The van der Waals surface area contributed by atoms with Crippen molar-refractivity contribution in [1.29, 1.82) is 0 Å². The standard InChI is InChI=1S/C10H18N6OS/c1-3-5-12-9(17)8-18-10-13-14-15-16(10)7-6-11-4-2/h3,11H,1,4-8H2,2H3,(H,12,17). The van der Waals surface area contributed by atoms with Crippen molar-refractivity contribution < 1.29 is 4.79 Å². The third kappa shape index (κ3) is 5.28. The zero-order valence-corrected chi connectivity index (χ0v) is 11.2. The van der Waals surface area contributed by atoms with E-state index in [2.05, 4.69) is 32.7 Å². The second-order valence-electron chi connectivity index (χ2n) is 3.42. The second-order valence-corrected chi connectivity index (χ2v) is 4.36. The summed E-state index contributed by atoms with van der Waals surface area (Å²) in [6.07, 6.45) is 1.64. The van der Waals surface area contributed by atoms with Crippen LogP contribution < -0.4 is 10.6 Å². The number of carbonyl (C=O) groups excluding carboxylic acids is 1. The van der Waals surface area contributed by atoms with E-state index in [9.17, 15) is 4.79 Å². The molecule has 0 aliphatic heterocycles. The van der Waals surface area contributed by atoms with Crippen LogP contribution in [0.2, 0.25) is 0 Å². The highest BCUT2D eigenvalue weighted by molar-refractivity contribution is 7.99. The first-order chi connectivity index (χ1) is 8.77. The molecule has 100 valence electrons. The van der Waals surface area contributed by atoms with E-state index in [-0.39, 0.29) is 5.91 Å². The van der Waals surface area contributed by atoms with E-state index < -0.39 is 0 Å². The molecule has 0 saturated carbocycles. The number of amides is 1. The molecule has 1 rings (SSSR count). The molecule has 1 aromatic rings. The van der Waals surface area contributed by atoms with Crippen LogP contribution in [0.25, 0.3) is 0 Å². The Morgan fingerprint density at radius 2 is 2.44 bits per heavy atom. The van der Waals surface area contributed by atoms with E-state index in [4.69, 9.17) is 0 Å². The molecule has 0 fully saturated rings. The average molecular weight is 270 g/mol. The Morgan fingerprint density at radius 1 is 1.61 bits per heavy atom. The Hall–Kier alpha value is -1.41. The lowest BCUT2D eigenvalue weighted by Crippen LogP contribution is -2.25. The molecule has 0 aliphatic rings. The molecule has 1 amide bonds. The maximum absolute atomic E-state index is 11.4. The highest BCUT2D eigenvalue weighted by Gasteiger charge is 2.08. The summed E-state index contributed by atoms with van der Waals surface area (Å²) in [5, 5.41) is 17.9. The zero-order chi connectivity index (χ0) is 13.2. The van der Waals surface area contributed by atoms with Crippen molar-refractivity contribution in [2.24, 2.45) is 0 Å². The fourth-order valence-corrected chi connectivity index (χ4v) is 1.90. The number of nitrogens with zero attached hydrogens (tertiary/aromatic N) is 4. The summed E-state index contributed by atoms with van der Waals surface area (Å²) in [5.74, 6) is 0.247. The molecule has 0 aliphatic carbocycles. The van der Waals surface area contributed by atoms with Crippen molar-refractivity contribution in [3.05, 3.63) is 12.7 Å². The van der Waals surface area contributed by atoms with E-state index >= 15 is 0 Å². The first kappa shape index (κ1) is 14.7. The quantitative estimate of drug-likeness (QED) is 0.363. The van der Waals surface area contributed by atoms with E-state index in [0.29, 0.717) is 24.0 Å². The molecule has 8 heteroatoms. The molecule has 0 unspecified atom stereocenters. The largest absolute Gasteiger partial charge is 0.352 e. The fraction of sp³-hybridized carbons (Fsp3) is 0.600. The van der Waals surface area contributed by atoms with Crippen molar-refractivity contribution >= 4 is 17.7 Å². The lowest BCUT2D eigenvalue weighted by molar-refractivity contribution is -0.118. The van der Waals surface area contributed by atoms with Gasteiger partial charge < -0.3 is 10.6 Å². The summed E-state index contributed by atoms with van der Waals surface area (Å²) in [5.41, 5.74) is 0. The number of hydrogen-bond acceptors (Lipinski definition) is 6. The van der Waals surface area contributed by atoms with Gasteiger partial charge in [0.25, 0.3) is 0 Å². The third-order valence-corrected chi connectivity index (χ3v) is 2.98. The highest BCUT2D eigenvalue weighted by Crippen LogP contribution is 2.12. The van der Waals surface area contributed by atoms with E-state index in [1.165, 1.54) is 11.8 Å². The van der Waals surface area contributed by atoms with Crippen molar-refractivity contribution in [3.63, 3.8) is 0 Å². The third-order valence-electron chi connectivity index (χ3n) is 2.03. The number of nitrogens with one attached hydrogen (secondary N) is 2. The van der Waals surface area contributed by atoms with E-state index in [0.717, 1.165) is 13.1 Å². The van der Waals surface area contributed by atoms with E-state index in [1.807, 2.05) is 6.92 Å². The number of likely N-dealkylation sites (N-methyl/N-ethyl adjacent to an activating group) is 1.